The first-order chi connectivity index (χ1) is 11.5. The van der Waals surface area contributed by atoms with E-state index in [0.717, 1.165) is 0 Å². The predicted molar refractivity (Wildman–Crippen MR) is 83.4 cm³/mol. The van der Waals surface area contributed by atoms with Gasteiger partial charge in [-0.05, 0) is 31.1 Å². The Hall–Kier alpha value is -2.50. The number of fused-ring (bicyclic) bond motifs is 1. The topological polar surface area (TPSA) is 63.7 Å². The Labute approximate surface area is 139 Å². The lowest BCUT2D eigenvalue weighted by Gasteiger charge is -2.30. The number of esters is 1. The van der Waals surface area contributed by atoms with Crippen molar-refractivity contribution in [2.45, 2.75) is 25.8 Å². The summed E-state index contributed by atoms with van der Waals surface area (Å²) in [6, 6.07) is 5.37. The second-order valence-corrected chi connectivity index (χ2v) is 5.93. The third-order valence-corrected chi connectivity index (χ3v) is 4.47. The number of nitrogens with zero attached hydrogens (tertiary/aromatic N) is 1. The van der Waals surface area contributed by atoms with Crippen molar-refractivity contribution in [2.24, 2.45) is 5.92 Å². The van der Waals surface area contributed by atoms with Crippen LogP contribution in [-0.2, 0) is 25.5 Å². The smallest absolute Gasteiger partial charge is 0.311 e. The van der Waals surface area contributed by atoms with E-state index in [4.69, 9.17) is 4.74 Å². The van der Waals surface area contributed by atoms with Gasteiger partial charge in [0, 0.05) is 18.5 Å². The molecular weight excluding hydrogens is 313 g/mol. The van der Waals surface area contributed by atoms with Crippen LogP contribution >= 0.6 is 0 Å². The molecule has 6 heteroatoms. The van der Waals surface area contributed by atoms with E-state index in [1.54, 1.807) is 25.1 Å². The van der Waals surface area contributed by atoms with Crippen LogP contribution in [0, 0.1) is 11.7 Å². The SMILES string of the molecule is CCOC(=O)C1CCN2C(=O)C(Cc3ccccc3F)=CC(=O)C12. The molecule has 1 aromatic rings. The summed E-state index contributed by atoms with van der Waals surface area (Å²) in [5.74, 6) is -2.08. The maximum atomic E-state index is 13.8. The second-order valence-electron chi connectivity index (χ2n) is 5.93. The highest BCUT2D eigenvalue weighted by atomic mass is 19.1. The zero-order chi connectivity index (χ0) is 17.3. The summed E-state index contributed by atoms with van der Waals surface area (Å²) >= 11 is 0. The Bertz CT molecular complexity index is 727. The maximum absolute atomic E-state index is 13.8. The van der Waals surface area contributed by atoms with E-state index in [1.165, 1.54) is 17.0 Å². The first-order valence-electron chi connectivity index (χ1n) is 7.98. The molecule has 5 nitrogen and oxygen atoms in total. The predicted octanol–water partition coefficient (Wildman–Crippen LogP) is 1.66. The molecule has 2 unspecified atom stereocenters. The quantitative estimate of drug-likeness (QED) is 0.787. The van der Waals surface area contributed by atoms with Crippen LogP contribution in [0.4, 0.5) is 4.39 Å². The molecule has 0 bridgehead atoms. The third kappa shape index (κ3) is 2.84. The minimum absolute atomic E-state index is 0.0601. The maximum Gasteiger partial charge on any atom is 0.311 e. The van der Waals surface area contributed by atoms with Crippen molar-refractivity contribution in [3.63, 3.8) is 0 Å². The molecule has 2 aliphatic rings. The summed E-state index contributed by atoms with van der Waals surface area (Å²) in [7, 11) is 0. The number of halogens is 1. The molecule has 24 heavy (non-hydrogen) atoms. The van der Waals surface area contributed by atoms with Gasteiger partial charge in [0.25, 0.3) is 5.91 Å². The Morgan fingerprint density at radius 1 is 1.33 bits per heavy atom. The van der Waals surface area contributed by atoms with Crippen molar-refractivity contribution in [3.05, 3.63) is 47.3 Å². The monoisotopic (exact) mass is 331 g/mol. The molecule has 0 aromatic heterocycles. The number of hydrogen-bond acceptors (Lipinski definition) is 4. The Morgan fingerprint density at radius 2 is 2.08 bits per heavy atom. The van der Waals surface area contributed by atoms with Crippen molar-refractivity contribution < 1.29 is 23.5 Å². The average molecular weight is 331 g/mol. The molecule has 1 fully saturated rings. The number of hydrogen-bond donors (Lipinski definition) is 0. The zero-order valence-electron chi connectivity index (χ0n) is 13.3. The van der Waals surface area contributed by atoms with Crippen LogP contribution in [0.15, 0.2) is 35.9 Å². The van der Waals surface area contributed by atoms with Crippen molar-refractivity contribution in [2.75, 3.05) is 13.2 Å². The first kappa shape index (κ1) is 16.4. The van der Waals surface area contributed by atoms with Crippen molar-refractivity contribution in [1.29, 1.82) is 0 Å². The van der Waals surface area contributed by atoms with Crippen LogP contribution < -0.4 is 0 Å². The van der Waals surface area contributed by atoms with Gasteiger partial charge in [0.15, 0.2) is 5.78 Å². The Morgan fingerprint density at radius 3 is 2.79 bits per heavy atom. The van der Waals surface area contributed by atoms with Crippen LogP contribution in [0.3, 0.4) is 0 Å². The lowest BCUT2D eigenvalue weighted by molar-refractivity contribution is -0.151. The molecule has 0 radical (unpaired) electrons. The standard InChI is InChI=1S/C18H18FNO4/c1-2-24-18(23)13-7-8-20-16(13)15(21)10-12(17(20)22)9-11-5-3-4-6-14(11)19/h3-6,10,13,16H,2,7-9H2,1H3. The normalized spacial score (nSPS) is 23.1. The number of rotatable bonds is 4. The molecule has 0 aliphatic carbocycles. The van der Waals surface area contributed by atoms with Gasteiger partial charge in [-0.25, -0.2) is 4.39 Å². The number of carbonyl (C=O) groups is 3. The minimum Gasteiger partial charge on any atom is -0.466 e. The van der Waals surface area contributed by atoms with Gasteiger partial charge in [0.1, 0.15) is 11.9 Å². The van der Waals surface area contributed by atoms with Gasteiger partial charge in [0.2, 0.25) is 0 Å². The van der Waals surface area contributed by atoms with E-state index < -0.39 is 23.7 Å². The Balaban J connectivity index is 1.84. The molecule has 0 spiro atoms. The van der Waals surface area contributed by atoms with E-state index >= 15 is 0 Å². The van der Waals surface area contributed by atoms with E-state index in [2.05, 4.69) is 0 Å². The van der Waals surface area contributed by atoms with Crippen LogP contribution in [0.2, 0.25) is 0 Å². The highest BCUT2D eigenvalue weighted by molar-refractivity contribution is 6.11. The molecule has 3 rings (SSSR count). The molecule has 2 atom stereocenters. The molecule has 126 valence electrons. The summed E-state index contributed by atoms with van der Waals surface area (Å²) in [6.07, 6.45) is 1.72. The van der Waals surface area contributed by atoms with Crippen LogP contribution in [0.25, 0.3) is 0 Å². The molecule has 0 N–H and O–H groups in total. The Kier molecular flexibility index (Phi) is 4.46. The van der Waals surface area contributed by atoms with Gasteiger partial charge in [-0.15, -0.1) is 0 Å². The largest absolute Gasteiger partial charge is 0.466 e. The van der Waals surface area contributed by atoms with Crippen molar-refractivity contribution in [1.82, 2.24) is 4.90 Å². The highest BCUT2D eigenvalue weighted by Crippen LogP contribution is 2.32. The third-order valence-electron chi connectivity index (χ3n) is 4.47. The molecule has 1 aromatic carbocycles. The van der Waals surface area contributed by atoms with Gasteiger partial charge in [-0.2, -0.15) is 0 Å². The first-order valence-corrected chi connectivity index (χ1v) is 7.98. The number of ether oxygens (including phenoxy) is 1. The molecular formula is C18H18FNO4. The van der Waals surface area contributed by atoms with Gasteiger partial charge in [-0.1, -0.05) is 18.2 Å². The minimum atomic E-state index is -0.791. The summed E-state index contributed by atoms with van der Waals surface area (Å²) in [4.78, 5) is 38.5. The summed E-state index contributed by atoms with van der Waals surface area (Å²) in [5.41, 5.74) is 0.621. The van der Waals surface area contributed by atoms with Crippen LogP contribution in [0.1, 0.15) is 18.9 Å². The summed E-state index contributed by atoms with van der Waals surface area (Å²) in [5, 5.41) is 0. The summed E-state index contributed by atoms with van der Waals surface area (Å²) < 4.78 is 18.8. The lowest BCUT2D eigenvalue weighted by Crippen LogP contribution is -2.48. The average Bonchev–Trinajstić information content (AvgIpc) is 3.00. The highest BCUT2D eigenvalue weighted by Gasteiger charge is 2.48. The van der Waals surface area contributed by atoms with Gasteiger partial charge < -0.3 is 9.64 Å². The van der Waals surface area contributed by atoms with E-state index in [1.807, 2.05) is 0 Å². The van der Waals surface area contributed by atoms with Crippen LogP contribution in [-0.4, -0.2) is 41.8 Å². The van der Waals surface area contributed by atoms with Crippen molar-refractivity contribution in [3.8, 4) is 0 Å². The number of benzene rings is 1. The fourth-order valence-corrected chi connectivity index (χ4v) is 3.35. The number of carbonyl (C=O) groups excluding carboxylic acids is 3. The van der Waals surface area contributed by atoms with Gasteiger partial charge >= 0.3 is 5.97 Å². The van der Waals surface area contributed by atoms with E-state index in [9.17, 15) is 18.8 Å². The molecule has 2 heterocycles. The fraction of sp³-hybridized carbons (Fsp3) is 0.389. The van der Waals surface area contributed by atoms with Crippen LogP contribution in [0.5, 0.6) is 0 Å². The molecule has 0 saturated carbocycles. The molecule has 1 amide bonds. The van der Waals surface area contributed by atoms with E-state index in [0.29, 0.717) is 18.5 Å². The van der Waals surface area contributed by atoms with Gasteiger partial charge in [0.05, 0.1) is 12.5 Å². The fourth-order valence-electron chi connectivity index (χ4n) is 3.35. The summed E-state index contributed by atoms with van der Waals surface area (Å²) in [6.45, 7) is 2.26. The van der Waals surface area contributed by atoms with E-state index in [-0.39, 0.29) is 30.3 Å². The lowest BCUT2D eigenvalue weighted by atomic mass is 9.91. The number of ketones is 1. The second kappa shape index (κ2) is 6.55. The van der Waals surface area contributed by atoms with Gasteiger partial charge in [-0.3, -0.25) is 14.4 Å². The zero-order valence-corrected chi connectivity index (χ0v) is 13.3. The number of amides is 1. The molecule has 2 aliphatic heterocycles. The van der Waals surface area contributed by atoms with Crippen molar-refractivity contribution >= 4 is 17.7 Å². The molecule has 1 saturated heterocycles.